The fraction of sp³-hybridized carbons (Fsp3) is 0.111. The van der Waals surface area contributed by atoms with Crippen molar-refractivity contribution >= 4 is 52.1 Å². The van der Waals surface area contributed by atoms with Crippen molar-refractivity contribution in [3.05, 3.63) is 63.6 Å². The Bertz CT molecular complexity index is 967. The molecule has 2 N–H and O–H groups in total. The van der Waals surface area contributed by atoms with Gasteiger partial charge in [0.15, 0.2) is 0 Å². The highest BCUT2D eigenvalue weighted by molar-refractivity contribution is 6.36. The van der Waals surface area contributed by atoms with Crippen molar-refractivity contribution in [1.29, 1.82) is 0 Å². The van der Waals surface area contributed by atoms with Gasteiger partial charge in [-0.2, -0.15) is 5.10 Å². The van der Waals surface area contributed by atoms with Gasteiger partial charge < -0.3 is 5.11 Å². The van der Waals surface area contributed by atoms with Crippen LogP contribution in [0.1, 0.15) is 18.1 Å². The molecule has 0 aliphatic carbocycles. The van der Waals surface area contributed by atoms with Gasteiger partial charge in [0.05, 0.1) is 17.9 Å². The van der Waals surface area contributed by atoms with E-state index in [4.69, 9.17) is 28.3 Å². The number of hydrogen-bond acceptors (Lipinski definition) is 5. The van der Waals surface area contributed by atoms with Crippen LogP contribution >= 0.6 is 23.2 Å². The summed E-state index contributed by atoms with van der Waals surface area (Å²) in [6.45, 7) is 1.57. The highest BCUT2D eigenvalue weighted by Gasteiger charge is 2.18. The van der Waals surface area contributed by atoms with E-state index >= 15 is 0 Å². The van der Waals surface area contributed by atoms with Gasteiger partial charge in [0, 0.05) is 21.2 Å². The number of fused-ring (bicyclic) bond motifs is 1. The number of halogens is 2. The first-order chi connectivity index (χ1) is 12.5. The maximum Gasteiger partial charge on any atom is 0.351 e. The van der Waals surface area contributed by atoms with E-state index < -0.39 is 5.97 Å². The topological polar surface area (TPSA) is 86.4 Å². The second-order valence-corrected chi connectivity index (χ2v) is 6.32. The van der Waals surface area contributed by atoms with E-state index in [1.807, 2.05) is 18.2 Å². The lowest BCUT2D eigenvalue weighted by Crippen LogP contribution is -2.24. The summed E-state index contributed by atoms with van der Waals surface area (Å²) in [5, 5.41) is 13.8. The third-order valence-electron chi connectivity index (χ3n) is 3.65. The number of hydrogen-bond donors (Lipinski definition) is 2. The highest BCUT2D eigenvalue weighted by atomic mass is 35.5. The second kappa shape index (κ2) is 7.68. The van der Waals surface area contributed by atoms with E-state index in [0.717, 1.165) is 11.1 Å². The largest absolute Gasteiger partial charge is 0.477 e. The Hall–Kier alpha value is -2.70. The SMILES string of the molecule is CC(=NNC1=Nc2ccc(Cl)cc2C(c2ccccc2Cl)=NC1)C(=O)O. The van der Waals surface area contributed by atoms with E-state index in [1.54, 1.807) is 24.3 Å². The van der Waals surface area contributed by atoms with Crippen molar-refractivity contribution in [2.75, 3.05) is 6.54 Å². The molecule has 0 saturated heterocycles. The lowest BCUT2D eigenvalue weighted by molar-refractivity contribution is -0.129. The number of rotatable bonds is 3. The number of nitrogens with zero attached hydrogens (tertiary/aromatic N) is 3. The average Bonchev–Trinajstić information content (AvgIpc) is 2.79. The molecule has 0 atom stereocenters. The normalized spacial score (nSPS) is 14.0. The molecule has 1 heterocycles. The number of aliphatic imine (C=N–C) groups is 2. The number of nitrogens with one attached hydrogen (secondary N) is 1. The zero-order valence-electron chi connectivity index (χ0n) is 13.7. The first kappa shape index (κ1) is 18.1. The molecule has 2 aromatic carbocycles. The number of benzene rings is 2. The molecule has 3 rings (SSSR count). The van der Waals surface area contributed by atoms with E-state index in [1.165, 1.54) is 6.92 Å². The van der Waals surface area contributed by atoms with Crippen LogP contribution in [0, 0.1) is 0 Å². The minimum absolute atomic E-state index is 0.0800. The van der Waals surface area contributed by atoms with Crippen LogP contribution in [0.15, 0.2) is 57.6 Å². The first-order valence-electron chi connectivity index (χ1n) is 7.66. The number of aliphatic carboxylic acids is 1. The Morgan fingerprint density at radius 2 is 1.96 bits per heavy atom. The number of hydrazone groups is 1. The lowest BCUT2D eigenvalue weighted by atomic mass is 10.0. The summed E-state index contributed by atoms with van der Waals surface area (Å²) in [5.74, 6) is -0.699. The molecule has 0 bridgehead atoms. The second-order valence-electron chi connectivity index (χ2n) is 5.48. The molecular weight excluding hydrogens is 375 g/mol. The van der Waals surface area contributed by atoms with Gasteiger partial charge in [-0.3, -0.25) is 10.4 Å². The third kappa shape index (κ3) is 3.92. The Kier molecular flexibility index (Phi) is 5.35. The fourth-order valence-corrected chi connectivity index (χ4v) is 2.75. The van der Waals surface area contributed by atoms with Gasteiger partial charge in [0.25, 0.3) is 0 Å². The molecule has 26 heavy (non-hydrogen) atoms. The summed E-state index contributed by atoms with van der Waals surface area (Å²) in [4.78, 5) is 20.0. The number of amidine groups is 1. The average molecular weight is 389 g/mol. The third-order valence-corrected chi connectivity index (χ3v) is 4.21. The van der Waals surface area contributed by atoms with Gasteiger partial charge in [-0.15, -0.1) is 0 Å². The van der Waals surface area contributed by atoms with E-state index in [-0.39, 0.29) is 12.3 Å². The summed E-state index contributed by atoms with van der Waals surface area (Å²) in [6, 6.07) is 12.6. The van der Waals surface area contributed by atoms with Gasteiger partial charge in [-0.25, -0.2) is 9.79 Å². The molecule has 0 fully saturated rings. The zero-order valence-corrected chi connectivity index (χ0v) is 15.2. The lowest BCUT2D eigenvalue weighted by Gasteiger charge is -2.10. The van der Waals surface area contributed by atoms with Crippen molar-refractivity contribution < 1.29 is 9.90 Å². The number of carboxylic acid groups (broad SMARTS) is 1. The maximum absolute atomic E-state index is 10.9. The minimum atomic E-state index is -1.11. The standard InChI is InChI=1S/C18H14Cl2N4O2/c1-10(18(25)26)23-24-16-9-21-17(12-4-2-3-5-14(12)20)13-8-11(19)6-7-15(13)22-16/h2-8H,9H2,1H3,(H,22,24)(H,25,26). The van der Waals surface area contributed by atoms with E-state index in [9.17, 15) is 4.79 Å². The molecule has 0 spiro atoms. The Labute approximate surface area is 159 Å². The van der Waals surface area contributed by atoms with Crippen LogP contribution < -0.4 is 5.43 Å². The first-order valence-corrected chi connectivity index (χ1v) is 8.41. The smallest absolute Gasteiger partial charge is 0.351 e. The molecule has 1 aliphatic heterocycles. The van der Waals surface area contributed by atoms with Crippen LogP contribution in [0.4, 0.5) is 5.69 Å². The molecule has 132 valence electrons. The molecule has 2 aromatic rings. The number of carbonyl (C=O) groups is 1. The molecule has 0 saturated carbocycles. The molecule has 0 unspecified atom stereocenters. The van der Waals surface area contributed by atoms with Gasteiger partial charge >= 0.3 is 5.97 Å². The molecular formula is C18H14Cl2N4O2. The summed E-state index contributed by atoms with van der Waals surface area (Å²) in [7, 11) is 0. The van der Waals surface area contributed by atoms with Crippen LogP contribution in [-0.2, 0) is 4.79 Å². The van der Waals surface area contributed by atoms with Crippen LogP contribution in [-0.4, -0.2) is 34.9 Å². The maximum atomic E-state index is 10.9. The molecule has 0 radical (unpaired) electrons. The highest BCUT2D eigenvalue weighted by Crippen LogP contribution is 2.30. The molecule has 0 amide bonds. The number of carboxylic acids is 1. The molecule has 8 heteroatoms. The summed E-state index contributed by atoms with van der Waals surface area (Å²) >= 11 is 12.5. The fourth-order valence-electron chi connectivity index (χ4n) is 2.36. The Morgan fingerprint density at radius 3 is 2.69 bits per heavy atom. The van der Waals surface area contributed by atoms with Crippen molar-refractivity contribution in [2.24, 2.45) is 15.1 Å². The zero-order chi connectivity index (χ0) is 18.7. The van der Waals surface area contributed by atoms with Crippen LogP contribution in [0.25, 0.3) is 0 Å². The van der Waals surface area contributed by atoms with Crippen molar-refractivity contribution in [1.82, 2.24) is 5.43 Å². The minimum Gasteiger partial charge on any atom is -0.477 e. The summed E-state index contributed by atoms with van der Waals surface area (Å²) in [6.07, 6.45) is 0. The van der Waals surface area contributed by atoms with Crippen molar-refractivity contribution in [3.8, 4) is 0 Å². The molecule has 1 aliphatic rings. The quantitative estimate of drug-likeness (QED) is 0.616. The summed E-state index contributed by atoms with van der Waals surface area (Å²) in [5.41, 5.74) is 5.38. The van der Waals surface area contributed by atoms with Crippen LogP contribution in [0.5, 0.6) is 0 Å². The Balaban J connectivity index is 2.06. The van der Waals surface area contributed by atoms with Crippen molar-refractivity contribution in [2.45, 2.75) is 6.92 Å². The predicted octanol–water partition coefficient (Wildman–Crippen LogP) is 3.92. The van der Waals surface area contributed by atoms with Crippen molar-refractivity contribution in [3.63, 3.8) is 0 Å². The predicted molar refractivity (Wildman–Crippen MR) is 104 cm³/mol. The molecule has 6 nitrogen and oxygen atoms in total. The van der Waals surface area contributed by atoms with Gasteiger partial charge in [0.2, 0.25) is 0 Å². The van der Waals surface area contributed by atoms with Crippen LogP contribution in [0.3, 0.4) is 0 Å². The van der Waals surface area contributed by atoms with Gasteiger partial charge in [0.1, 0.15) is 11.5 Å². The monoisotopic (exact) mass is 388 g/mol. The van der Waals surface area contributed by atoms with E-state index in [0.29, 0.717) is 27.3 Å². The van der Waals surface area contributed by atoms with Crippen LogP contribution in [0.2, 0.25) is 10.0 Å². The van der Waals surface area contributed by atoms with E-state index in [2.05, 4.69) is 20.5 Å². The summed E-state index contributed by atoms with van der Waals surface area (Å²) < 4.78 is 0. The van der Waals surface area contributed by atoms with Gasteiger partial charge in [-0.1, -0.05) is 41.4 Å². The Morgan fingerprint density at radius 1 is 1.19 bits per heavy atom. The van der Waals surface area contributed by atoms with Gasteiger partial charge in [-0.05, 0) is 31.2 Å². The molecule has 0 aromatic heterocycles.